The highest BCUT2D eigenvalue weighted by Crippen LogP contribution is 2.69. The Labute approximate surface area is 200 Å². The molecular formula is C25H21BrN4O3. The number of rotatable bonds is 4. The van der Waals surface area contributed by atoms with E-state index < -0.39 is 34.5 Å². The molecule has 166 valence electrons. The predicted molar refractivity (Wildman–Crippen MR) is 122 cm³/mol. The summed E-state index contributed by atoms with van der Waals surface area (Å²) in [7, 11) is 0. The fourth-order valence-electron chi connectivity index (χ4n) is 4.94. The van der Waals surface area contributed by atoms with Crippen LogP contribution in [-0.2, 0) is 15.3 Å². The smallest absolute Gasteiger partial charge is 0.244 e. The van der Waals surface area contributed by atoms with E-state index in [1.165, 1.54) is 0 Å². The summed E-state index contributed by atoms with van der Waals surface area (Å²) >= 11 is 3.45. The zero-order chi connectivity index (χ0) is 24.0. The molecule has 2 saturated heterocycles. The first-order valence-corrected chi connectivity index (χ1v) is 11.2. The summed E-state index contributed by atoms with van der Waals surface area (Å²) in [4.78, 5) is 0. The molecule has 0 spiro atoms. The molecule has 2 bridgehead atoms. The first-order chi connectivity index (χ1) is 15.8. The Hall–Kier alpha value is -3.38. The van der Waals surface area contributed by atoms with Gasteiger partial charge in [0.15, 0.2) is 5.41 Å². The van der Waals surface area contributed by atoms with Crippen molar-refractivity contribution in [2.24, 2.45) is 16.7 Å². The summed E-state index contributed by atoms with van der Waals surface area (Å²) in [6.07, 6.45) is -1.23. The molecule has 2 aliphatic rings. The third kappa shape index (κ3) is 2.83. The summed E-state index contributed by atoms with van der Waals surface area (Å²) in [6, 6.07) is 18.9. The Balaban J connectivity index is 2.06. The second-order valence-electron chi connectivity index (χ2n) is 8.25. The summed E-state index contributed by atoms with van der Waals surface area (Å²) in [5.74, 6) is -2.37. The molecule has 8 heteroatoms. The molecule has 4 unspecified atom stereocenters. The standard InChI is InChI=1S/C25H21BrN4O3/c1-4-31-20-10-9-18(26)11-19(20)21-23(12-27,13-28)24(14-29)16(3)25(32-21,33-22(24)30)17-7-5-15(2)6-8-17/h5-11,16,21,30H,4H2,1-3H3. The van der Waals surface area contributed by atoms with Crippen molar-refractivity contribution in [2.75, 3.05) is 6.61 Å². The Kier molecular flexibility index (Phi) is 5.45. The minimum atomic E-state index is -2.06. The van der Waals surface area contributed by atoms with Gasteiger partial charge >= 0.3 is 0 Å². The van der Waals surface area contributed by atoms with Crippen molar-refractivity contribution < 1.29 is 14.2 Å². The largest absolute Gasteiger partial charge is 0.493 e. The molecule has 0 radical (unpaired) electrons. The Morgan fingerprint density at radius 3 is 2.33 bits per heavy atom. The highest BCUT2D eigenvalue weighted by Gasteiger charge is 2.80. The maximum Gasteiger partial charge on any atom is 0.244 e. The molecule has 7 nitrogen and oxygen atoms in total. The molecule has 2 fully saturated rings. The van der Waals surface area contributed by atoms with Crippen molar-refractivity contribution in [1.82, 2.24) is 0 Å². The zero-order valence-corrected chi connectivity index (χ0v) is 19.9. The highest BCUT2D eigenvalue weighted by molar-refractivity contribution is 9.10. The van der Waals surface area contributed by atoms with E-state index >= 15 is 0 Å². The Morgan fingerprint density at radius 2 is 1.76 bits per heavy atom. The lowest BCUT2D eigenvalue weighted by Crippen LogP contribution is -2.57. The van der Waals surface area contributed by atoms with Crippen LogP contribution in [0.5, 0.6) is 5.75 Å². The van der Waals surface area contributed by atoms with Crippen LogP contribution in [0.3, 0.4) is 0 Å². The average Bonchev–Trinajstić information content (AvgIpc) is 2.97. The van der Waals surface area contributed by atoms with Crippen LogP contribution in [0.4, 0.5) is 0 Å². The van der Waals surface area contributed by atoms with Gasteiger partial charge in [-0.25, -0.2) is 0 Å². The first-order valence-electron chi connectivity index (χ1n) is 10.4. The normalized spacial score (nSPS) is 29.3. The van der Waals surface area contributed by atoms with Crippen molar-refractivity contribution in [3.8, 4) is 24.0 Å². The van der Waals surface area contributed by atoms with E-state index in [0.29, 0.717) is 28.0 Å². The van der Waals surface area contributed by atoms with Gasteiger partial charge < -0.3 is 14.2 Å². The fraction of sp³-hybridized carbons (Fsp3) is 0.360. The van der Waals surface area contributed by atoms with Gasteiger partial charge in [0.05, 0.1) is 30.7 Å². The SMILES string of the molecule is CCOc1ccc(Br)cc1C1OC2(c3ccc(C)cc3)OC(=N)C(C#N)(C2C)C1(C#N)C#N. The van der Waals surface area contributed by atoms with Crippen LogP contribution < -0.4 is 4.74 Å². The molecule has 0 amide bonds. The Bertz CT molecular complexity index is 1240. The molecule has 0 aromatic heterocycles. The number of hydrogen-bond donors (Lipinski definition) is 1. The minimum Gasteiger partial charge on any atom is -0.493 e. The van der Waals surface area contributed by atoms with Crippen LogP contribution in [-0.4, -0.2) is 12.5 Å². The van der Waals surface area contributed by atoms with Crippen molar-refractivity contribution in [3.63, 3.8) is 0 Å². The number of hydrogen-bond acceptors (Lipinski definition) is 7. The summed E-state index contributed by atoms with van der Waals surface area (Å²) in [6.45, 7) is 5.81. The molecular weight excluding hydrogens is 484 g/mol. The highest BCUT2D eigenvalue weighted by atomic mass is 79.9. The maximum atomic E-state index is 10.4. The molecule has 2 aromatic carbocycles. The fourth-order valence-corrected chi connectivity index (χ4v) is 5.32. The molecule has 4 rings (SSSR count). The van der Waals surface area contributed by atoms with Crippen molar-refractivity contribution in [3.05, 3.63) is 63.6 Å². The maximum absolute atomic E-state index is 10.4. The number of nitrogens with one attached hydrogen (secondary N) is 1. The van der Waals surface area contributed by atoms with Crippen LogP contribution in [0.25, 0.3) is 0 Å². The van der Waals surface area contributed by atoms with Gasteiger partial charge in [-0.15, -0.1) is 0 Å². The third-order valence-electron chi connectivity index (χ3n) is 6.68. The lowest BCUT2D eigenvalue weighted by Gasteiger charge is -2.49. The number of nitriles is 3. The quantitative estimate of drug-likeness (QED) is 0.604. The van der Waals surface area contributed by atoms with E-state index in [9.17, 15) is 15.8 Å². The number of benzene rings is 2. The van der Waals surface area contributed by atoms with Crippen LogP contribution >= 0.6 is 15.9 Å². The van der Waals surface area contributed by atoms with Gasteiger partial charge in [-0.3, -0.25) is 5.41 Å². The minimum absolute atomic E-state index is 0.350. The number of fused-ring (bicyclic) bond motifs is 2. The summed E-state index contributed by atoms with van der Waals surface area (Å²) in [5, 5.41) is 39.9. The van der Waals surface area contributed by atoms with E-state index in [2.05, 4.69) is 34.1 Å². The van der Waals surface area contributed by atoms with Crippen molar-refractivity contribution in [2.45, 2.75) is 32.7 Å². The number of nitrogens with zero attached hydrogens (tertiary/aromatic N) is 3. The third-order valence-corrected chi connectivity index (χ3v) is 7.17. The molecule has 4 atom stereocenters. The van der Waals surface area contributed by atoms with E-state index in [1.54, 1.807) is 25.1 Å². The molecule has 2 aromatic rings. The first kappa shape index (κ1) is 22.8. The second-order valence-corrected chi connectivity index (χ2v) is 9.17. The monoisotopic (exact) mass is 504 g/mol. The van der Waals surface area contributed by atoms with Gasteiger partial charge in [0.25, 0.3) is 0 Å². The summed E-state index contributed by atoms with van der Waals surface area (Å²) < 4.78 is 19.1. The molecule has 0 saturated carbocycles. The van der Waals surface area contributed by atoms with Gasteiger partial charge in [-0.05, 0) is 32.0 Å². The van der Waals surface area contributed by atoms with Gasteiger partial charge in [0, 0.05) is 15.6 Å². The molecule has 0 aliphatic carbocycles. The zero-order valence-electron chi connectivity index (χ0n) is 18.3. The van der Waals surface area contributed by atoms with Gasteiger partial charge in [0.1, 0.15) is 11.9 Å². The number of halogens is 1. The average molecular weight is 505 g/mol. The lowest BCUT2D eigenvalue weighted by atomic mass is 9.53. The van der Waals surface area contributed by atoms with E-state index in [1.807, 2.05) is 38.1 Å². The van der Waals surface area contributed by atoms with Crippen LogP contribution in [0.15, 0.2) is 46.9 Å². The van der Waals surface area contributed by atoms with Crippen molar-refractivity contribution >= 4 is 21.8 Å². The topological polar surface area (TPSA) is 123 Å². The summed E-state index contributed by atoms with van der Waals surface area (Å²) in [5.41, 5.74) is -1.88. The van der Waals surface area contributed by atoms with Gasteiger partial charge in [-0.2, -0.15) is 15.8 Å². The van der Waals surface area contributed by atoms with Crippen LogP contribution in [0.1, 0.15) is 36.6 Å². The van der Waals surface area contributed by atoms with Gasteiger partial charge in [0.2, 0.25) is 17.1 Å². The van der Waals surface area contributed by atoms with Crippen LogP contribution in [0, 0.1) is 63.1 Å². The Morgan fingerprint density at radius 1 is 1.09 bits per heavy atom. The van der Waals surface area contributed by atoms with E-state index in [0.717, 1.165) is 5.56 Å². The molecule has 2 heterocycles. The lowest BCUT2D eigenvalue weighted by molar-refractivity contribution is -0.288. The van der Waals surface area contributed by atoms with E-state index in [4.69, 9.17) is 19.6 Å². The molecule has 1 N–H and O–H groups in total. The molecule has 2 aliphatic heterocycles. The number of aryl methyl sites for hydroxylation is 1. The van der Waals surface area contributed by atoms with Gasteiger partial charge in [-0.1, -0.05) is 52.7 Å². The predicted octanol–water partition coefficient (Wildman–Crippen LogP) is 5.27. The van der Waals surface area contributed by atoms with E-state index in [-0.39, 0.29) is 0 Å². The van der Waals surface area contributed by atoms with Crippen LogP contribution in [0.2, 0.25) is 0 Å². The number of ether oxygens (including phenoxy) is 3. The molecule has 33 heavy (non-hydrogen) atoms. The van der Waals surface area contributed by atoms with Crippen molar-refractivity contribution in [1.29, 1.82) is 21.2 Å². The second kappa shape index (κ2) is 7.89.